The Morgan fingerprint density at radius 1 is 1.50 bits per heavy atom. The van der Waals surface area contributed by atoms with E-state index in [1.165, 1.54) is 0 Å². The summed E-state index contributed by atoms with van der Waals surface area (Å²) in [7, 11) is 0. The zero-order valence-corrected chi connectivity index (χ0v) is 5.50. The van der Waals surface area contributed by atoms with E-state index >= 15 is 0 Å². The van der Waals surface area contributed by atoms with Crippen molar-refractivity contribution in [1.29, 1.82) is 0 Å². The SMILES string of the molecule is Cc1nccc2[nH]nnc12. The first-order valence-electron chi connectivity index (χ1n) is 3.00. The molecule has 0 amide bonds. The third-order valence-corrected chi connectivity index (χ3v) is 1.43. The molecule has 2 aromatic heterocycles. The van der Waals surface area contributed by atoms with Crippen molar-refractivity contribution in [3.05, 3.63) is 18.0 Å². The summed E-state index contributed by atoms with van der Waals surface area (Å²) in [6.45, 7) is 1.91. The van der Waals surface area contributed by atoms with Crippen molar-refractivity contribution < 1.29 is 0 Å². The molecule has 0 unspecified atom stereocenters. The molecule has 0 aliphatic heterocycles. The standard InChI is InChI=1S/C6H6N4/c1-4-6-5(2-3-7-4)8-10-9-6/h2-3H,1H3,(H,8,9,10). The molecule has 10 heavy (non-hydrogen) atoms. The molecule has 0 fully saturated rings. The molecule has 2 heterocycles. The van der Waals surface area contributed by atoms with Gasteiger partial charge >= 0.3 is 0 Å². The summed E-state index contributed by atoms with van der Waals surface area (Å²) < 4.78 is 0. The van der Waals surface area contributed by atoms with Crippen LogP contribution in [0.1, 0.15) is 5.69 Å². The number of aromatic amines is 1. The largest absolute Gasteiger partial charge is 0.259 e. The number of aryl methyl sites for hydroxylation is 1. The second-order valence-electron chi connectivity index (χ2n) is 2.10. The maximum Gasteiger partial charge on any atom is 0.134 e. The fourth-order valence-corrected chi connectivity index (χ4v) is 0.904. The Balaban J connectivity index is 2.95. The monoisotopic (exact) mass is 134 g/mol. The van der Waals surface area contributed by atoms with Gasteiger partial charge in [0.15, 0.2) is 0 Å². The van der Waals surface area contributed by atoms with E-state index < -0.39 is 0 Å². The Bertz CT molecular complexity index is 351. The maximum absolute atomic E-state index is 4.06. The minimum absolute atomic E-state index is 0.850. The fourth-order valence-electron chi connectivity index (χ4n) is 0.904. The van der Waals surface area contributed by atoms with Gasteiger partial charge in [-0.15, -0.1) is 5.10 Å². The molecule has 1 N–H and O–H groups in total. The van der Waals surface area contributed by atoms with Crippen molar-refractivity contribution in [2.45, 2.75) is 6.92 Å². The lowest BCUT2D eigenvalue weighted by Crippen LogP contribution is -1.80. The van der Waals surface area contributed by atoms with Gasteiger partial charge in [-0.25, -0.2) is 0 Å². The Morgan fingerprint density at radius 3 is 3.20 bits per heavy atom. The smallest absolute Gasteiger partial charge is 0.134 e. The quantitative estimate of drug-likeness (QED) is 0.575. The second-order valence-corrected chi connectivity index (χ2v) is 2.10. The summed E-state index contributed by atoms with van der Waals surface area (Å²) in [5.41, 5.74) is 2.70. The van der Waals surface area contributed by atoms with Crippen LogP contribution in [0.3, 0.4) is 0 Å². The van der Waals surface area contributed by atoms with E-state index in [9.17, 15) is 0 Å². The van der Waals surface area contributed by atoms with Gasteiger partial charge in [0, 0.05) is 6.20 Å². The van der Waals surface area contributed by atoms with Crippen LogP contribution in [0.4, 0.5) is 0 Å². The molecule has 4 heteroatoms. The third-order valence-electron chi connectivity index (χ3n) is 1.43. The summed E-state index contributed by atoms with van der Waals surface area (Å²) in [5.74, 6) is 0. The van der Waals surface area contributed by atoms with E-state index in [1.807, 2.05) is 13.0 Å². The summed E-state index contributed by atoms with van der Waals surface area (Å²) in [5, 5.41) is 10.3. The summed E-state index contributed by atoms with van der Waals surface area (Å²) in [4.78, 5) is 4.06. The van der Waals surface area contributed by atoms with Crippen molar-refractivity contribution in [2.75, 3.05) is 0 Å². The van der Waals surface area contributed by atoms with Gasteiger partial charge in [0.2, 0.25) is 0 Å². The van der Waals surface area contributed by atoms with Crippen molar-refractivity contribution in [3.8, 4) is 0 Å². The molecule has 0 spiro atoms. The summed E-state index contributed by atoms with van der Waals surface area (Å²) in [6.07, 6.45) is 1.73. The zero-order chi connectivity index (χ0) is 6.97. The number of rotatable bonds is 0. The first-order chi connectivity index (χ1) is 4.88. The van der Waals surface area contributed by atoms with Gasteiger partial charge in [0.05, 0.1) is 11.2 Å². The number of nitrogens with one attached hydrogen (secondary N) is 1. The Kier molecular flexibility index (Phi) is 0.943. The van der Waals surface area contributed by atoms with Crippen LogP contribution < -0.4 is 0 Å². The zero-order valence-electron chi connectivity index (χ0n) is 5.50. The highest BCUT2D eigenvalue weighted by atomic mass is 15.3. The number of hydrogen-bond donors (Lipinski definition) is 1. The fraction of sp³-hybridized carbons (Fsp3) is 0.167. The number of aromatic nitrogens is 4. The van der Waals surface area contributed by atoms with Gasteiger partial charge in [-0.05, 0) is 13.0 Å². The number of H-pyrrole nitrogens is 1. The van der Waals surface area contributed by atoms with Crippen molar-refractivity contribution in [2.24, 2.45) is 0 Å². The van der Waals surface area contributed by atoms with E-state index in [-0.39, 0.29) is 0 Å². The van der Waals surface area contributed by atoms with Crippen LogP contribution in [-0.2, 0) is 0 Å². The molecule has 0 aliphatic carbocycles. The van der Waals surface area contributed by atoms with Crippen LogP contribution in [0.2, 0.25) is 0 Å². The van der Waals surface area contributed by atoms with E-state index in [0.29, 0.717) is 0 Å². The second kappa shape index (κ2) is 1.76. The molecular weight excluding hydrogens is 128 g/mol. The number of hydrogen-bond acceptors (Lipinski definition) is 3. The molecule has 0 aliphatic rings. The minimum atomic E-state index is 0.850. The van der Waals surface area contributed by atoms with Crippen LogP contribution in [0, 0.1) is 6.92 Å². The van der Waals surface area contributed by atoms with E-state index in [4.69, 9.17) is 0 Å². The lowest BCUT2D eigenvalue weighted by Gasteiger charge is -1.87. The van der Waals surface area contributed by atoms with Gasteiger partial charge in [0.25, 0.3) is 0 Å². The maximum atomic E-state index is 4.06. The Labute approximate surface area is 57.3 Å². The van der Waals surface area contributed by atoms with Gasteiger partial charge in [-0.1, -0.05) is 5.21 Å². The predicted octanol–water partition coefficient (Wildman–Crippen LogP) is 0.661. The molecule has 0 bridgehead atoms. The minimum Gasteiger partial charge on any atom is -0.259 e. The first kappa shape index (κ1) is 5.34. The molecule has 0 radical (unpaired) electrons. The molecule has 0 atom stereocenters. The summed E-state index contributed by atoms with van der Waals surface area (Å²) >= 11 is 0. The Morgan fingerprint density at radius 2 is 2.40 bits per heavy atom. The normalized spacial score (nSPS) is 10.5. The number of fused-ring (bicyclic) bond motifs is 1. The molecule has 2 aromatic rings. The lowest BCUT2D eigenvalue weighted by atomic mass is 10.3. The summed E-state index contributed by atoms with van der Waals surface area (Å²) in [6, 6.07) is 1.85. The van der Waals surface area contributed by atoms with Crippen molar-refractivity contribution in [3.63, 3.8) is 0 Å². The average molecular weight is 134 g/mol. The lowest BCUT2D eigenvalue weighted by molar-refractivity contribution is 0.957. The molecule has 2 rings (SSSR count). The van der Waals surface area contributed by atoms with Gasteiger partial charge in [-0.2, -0.15) is 0 Å². The topological polar surface area (TPSA) is 54.5 Å². The number of nitrogens with zero attached hydrogens (tertiary/aromatic N) is 3. The van der Waals surface area contributed by atoms with Crippen LogP contribution in [0.25, 0.3) is 11.0 Å². The highest BCUT2D eigenvalue weighted by Gasteiger charge is 1.98. The van der Waals surface area contributed by atoms with Crippen molar-refractivity contribution in [1.82, 2.24) is 20.4 Å². The molecule has 0 aromatic carbocycles. The van der Waals surface area contributed by atoms with Crippen LogP contribution in [-0.4, -0.2) is 20.4 Å². The molecular formula is C6H6N4. The van der Waals surface area contributed by atoms with Gasteiger partial charge in [0.1, 0.15) is 5.52 Å². The highest BCUT2D eigenvalue weighted by Crippen LogP contribution is 2.07. The third kappa shape index (κ3) is 0.586. The van der Waals surface area contributed by atoms with E-state index in [0.717, 1.165) is 16.7 Å². The predicted molar refractivity (Wildman–Crippen MR) is 36.4 cm³/mol. The first-order valence-corrected chi connectivity index (χ1v) is 3.00. The van der Waals surface area contributed by atoms with E-state index in [2.05, 4.69) is 20.4 Å². The van der Waals surface area contributed by atoms with Crippen molar-refractivity contribution >= 4 is 11.0 Å². The highest BCUT2D eigenvalue weighted by molar-refractivity contribution is 5.74. The molecule has 4 nitrogen and oxygen atoms in total. The molecule has 50 valence electrons. The molecule has 0 saturated carbocycles. The Hall–Kier alpha value is -1.45. The molecule has 0 saturated heterocycles. The van der Waals surface area contributed by atoms with Crippen LogP contribution >= 0.6 is 0 Å². The van der Waals surface area contributed by atoms with Crippen LogP contribution in [0.15, 0.2) is 12.3 Å². The van der Waals surface area contributed by atoms with Crippen LogP contribution in [0.5, 0.6) is 0 Å². The van der Waals surface area contributed by atoms with Gasteiger partial charge in [-0.3, -0.25) is 10.1 Å². The van der Waals surface area contributed by atoms with Gasteiger partial charge < -0.3 is 0 Å². The van der Waals surface area contributed by atoms with E-state index in [1.54, 1.807) is 6.20 Å². The number of pyridine rings is 1. The average Bonchev–Trinajstić information content (AvgIpc) is 2.36.